The highest BCUT2D eigenvalue weighted by Crippen LogP contribution is 2.16. The maximum atomic E-state index is 11.5. The fraction of sp³-hybridized carbons (Fsp3) is 0.929. The van der Waals surface area contributed by atoms with E-state index >= 15 is 0 Å². The van der Waals surface area contributed by atoms with Crippen LogP contribution in [0.3, 0.4) is 0 Å². The second kappa shape index (κ2) is 7.10. The Morgan fingerprint density at radius 3 is 2.63 bits per heavy atom. The first-order valence-corrected chi connectivity index (χ1v) is 7.08. The van der Waals surface area contributed by atoms with Gasteiger partial charge in [0.05, 0.1) is 6.61 Å². The van der Waals surface area contributed by atoms with Crippen LogP contribution in [0.5, 0.6) is 0 Å². The van der Waals surface area contributed by atoms with Crippen molar-refractivity contribution in [3.63, 3.8) is 0 Å². The van der Waals surface area contributed by atoms with E-state index in [1.54, 1.807) is 0 Å². The number of ether oxygens (including phenoxy) is 2. The number of rotatable bonds is 5. The van der Waals surface area contributed by atoms with E-state index in [2.05, 4.69) is 24.5 Å². The minimum atomic E-state index is -0.449. The molecule has 0 bridgehead atoms. The van der Waals surface area contributed by atoms with Gasteiger partial charge in [-0.05, 0) is 47.0 Å². The summed E-state index contributed by atoms with van der Waals surface area (Å²) in [5, 5.41) is 6.27. The minimum Gasteiger partial charge on any atom is -0.444 e. The van der Waals surface area contributed by atoms with Gasteiger partial charge in [-0.3, -0.25) is 0 Å². The van der Waals surface area contributed by atoms with Crippen LogP contribution in [-0.2, 0) is 9.47 Å². The van der Waals surface area contributed by atoms with Crippen molar-refractivity contribution in [3.05, 3.63) is 0 Å². The van der Waals surface area contributed by atoms with Gasteiger partial charge < -0.3 is 20.1 Å². The topological polar surface area (TPSA) is 59.6 Å². The molecular weight excluding hydrogens is 244 g/mol. The average Bonchev–Trinajstić information content (AvgIpc) is 2.77. The number of hydrogen-bond donors (Lipinski definition) is 2. The van der Waals surface area contributed by atoms with Crippen LogP contribution in [0.4, 0.5) is 4.79 Å². The van der Waals surface area contributed by atoms with Crippen LogP contribution >= 0.6 is 0 Å². The third kappa shape index (κ3) is 6.78. The van der Waals surface area contributed by atoms with Crippen LogP contribution in [0, 0.1) is 5.92 Å². The van der Waals surface area contributed by atoms with E-state index in [1.165, 1.54) is 0 Å². The molecule has 0 saturated carbocycles. The highest BCUT2D eigenvalue weighted by atomic mass is 16.6. The Morgan fingerprint density at radius 1 is 1.42 bits per heavy atom. The van der Waals surface area contributed by atoms with Crippen LogP contribution in [0.1, 0.15) is 41.0 Å². The van der Waals surface area contributed by atoms with Crippen molar-refractivity contribution in [2.24, 2.45) is 5.92 Å². The molecule has 5 nitrogen and oxygen atoms in total. The van der Waals surface area contributed by atoms with E-state index in [1.807, 2.05) is 20.8 Å². The van der Waals surface area contributed by atoms with Gasteiger partial charge in [0.25, 0.3) is 0 Å². The summed E-state index contributed by atoms with van der Waals surface area (Å²) in [5.41, 5.74) is -0.449. The predicted molar refractivity (Wildman–Crippen MR) is 75.2 cm³/mol. The lowest BCUT2D eigenvalue weighted by Gasteiger charge is -2.25. The highest BCUT2D eigenvalue weighted by molar-refractivity contribution is 5.67. The zero-order valence-corrected chi connectivity index (χ0v) is 12.8. The van der Waals surface area contributed by atoms with Crippen molar-refractivity contribution >= 4 is 6.09 Å². The number of nitrogens with one attached hydrogen (secondary N) is 2. The molecule has 1 aliphatic rings. The van der Waals surface area contributed by atoms with E-state index in [-0.39, 0.29) is 12.1 Å². The Bertz CT molecular complexity index is 283. The van der Waals surface area contributed by atoms with Gasteiger partial charge in [0.1, 0.15) is 5.60 Å². The summed E-state index contributed by atoms with van der Waals surface area (Å²) in [7, 11) is 0. The molecule has 1 saturated heterocycles. The minimum absolute atomic E-state index is 0.211. The third-order valence-electron chi connectivity index (χ3n) is 3.17. The van der Waals surface area contributed by atoms with Gasteiger partial charge in [-0.2, -0.15) is 0 Å². The summed E-state index contributed by atoms with van der Waals surface area (Å²) in [6.07, 6.45) is 0.749. The smallest absolute Gasteiger partial charge is 0.407 e. The van der Waals surface area contributed by atoms with E-state index in [4.69, 9.17) is 9.47 Å². The fourth-order valence-corrected chi connectivity index (χ4v) is 2.14. The van der Waals surface area contributed by atoms with Crippen LogP contribution in [-0.4, -0.2) is 43.5 Å². The number of hydrogen-bond acceptors (Lipinski definition) is 4. The lowest BCUT2D eigenvalue weighted by atomic mass is 10.00. The van der Waals surface area contributed by atoms with Crippen molar-refractivity contribution < 1.29 is 14.3 Å². The molecule has 0 aromatic carbocycles. The fourth-order valence-electron chi connectivity index (χ4n) is 2.14. The monoisotopic (exact) mass is 272 g/mol. The van der Waals surface area contributed by atoms with Gasteiger partial charge in [-0.25, -0.2) is 4.79 Å². The SMILES string of the molecule is CC(CNC(=O)OC(C)(C)C)NC(C)C1CCOC1. The van der Waals surface area contributed by atoms with Gasteiger partial charge in [0, 0.05) is 25.2 Å². The number of carbonyl (C=O) groups excluding carboxylic acids is 1. The molecule has 3 atom stereocenters. The predicted octanol–water partition coefficient (Wildman–Crippen LogP) is 1.91. The summed E-state index contributed by atoms with van der Waals surface area (Å²) >= 11 is 0. The molecule has 1 heterocycles. The lowest BCUT2D eigenvalue weighted by molar-refractivity contribution is 0.0522. The zero-order chi connectivity index (χ0) is 14.5. The average molecular weight is 272 g/mol. The first-order chi connectivity index (χ1) is 8.78. The molecule has 2 N–H and O–H groups in total. The van der Waals surface area contributed by atoms with Crippen molar-refractivity contribution in [1.82, 2.24) is 10.6 Å². The second-order valence-corrected chi connectivity index (χ2v) is 6.36. The van der Waals surface area contributed by atoms with Gasteiger partial charge in [-0.15, -0.1) is 0 Å². The second-order valence-electron chi connectivity index (χ2n) is 6.36. The first kappa shape index (κ1) is 16.2. The van der Waals surface area contributed by atoms with Crippen molar-refractivity contribution in [2.75, 3.05) is 19.8 Å². The molecular formula is C14H28N2O3. The molecule has 112 valence electrons. The van der Waals surface area contributed by atoms with Gasteiger partial charge in [0.2, 0.25) is 0 Å². The Morgan fingerprint density at radius 2 is 2.11 bits per heavy atom. The molecule has 0 aromatic rings. The maximum Gasteiger partial charge on any atom is 0.407 e. The lowest BCUT2D eigenvalue weighted by Crippen LogP contribution is -2.46. The standard InChI is InChI=1S/C14H28N2O3/c1-10(8-15-13(17)19-14(3,4)5)16-11(2)12-6-7-18-9-12/h10-12,16H,6-9H2,1-5H3,(H,15,17). The summed E-state index contributed by atoms with van der Waals surface area (Å²) in [6, 6.07) is 0.612. The van der Waals surface area contributed by atoms with Gasteiger partial charge >= 0.3 is 6.09 Å². The van der Waals surface area contributed by atoms with Crippen molar-refractivity contribution in [1.29, 1.82) is 0 Å². The molecule has 3 unspecified atom stereocenters. The van der Waals surface area contributed by atoms with Crippen LogP contribution < -0.4 is 10.6 Å². The molecule has 0 spiro atoms. The largest absolute Gasteiger partial charge is 0.444 e. The number of carbonyl (C=O) groups is 1. The number of alkyl carbamates (subject to hydrolysis) is 1. The van der Waals surface area contributed by atoms with Gasteiger partial charge in [0.15, 0.2) is 0 Å². The molecule has 0 radical (unpaired) electrons. The molecule has 1 amide bonds. The van der Waals surface area contributed by atoms with Crippen molar-refractivity contribution in [2.45, 2.75) is 58.7 Å². The van der Waals surface area contributed by atoms with Crippen LogP contribution in [0.25, 0.3) is 0 Å². The van der Waals surface area contributed by atoms with E-state index < -0.39 is 5.60 Å². The maximum absolute atomic E-state index is 11.5. The molecule has 5 heteroatoms. The molecule has 1 fully saturated rings. The normalized spacial score (nSPS) is 22.9. The molecule has 0 aromatic heterocycles. The molecule has 19 heavy (non-hydrogen) atoms. The summed E-state index contributed by atoms with van der Waals surface area (Å²) < 4.78 is 10.6. The Balaban J connectivity index is 2.20. The summed E-state index contributed by atoms with van der Waals surface area (Å²) in [6.45, 7) is 12.1. The zero-order valence-electron chi connectivity index (χ0n) is 12.8. The van der Waals surface area contributed by atoms with E-state index in [0.717, 1.165) is 19.6 Å². The Hall–Kier alpha value is -0.810. The van der Waals surface area contributed by atoms with E-state index in [9.17, 15) is 4.79 Å². The Kier molecular flexibility index (Phi) is 6.07. The highest BCUT2D eigenvalue weighted by Gasteiger charge is 2.23. The Labute approximate surface area is 116 Å². The quantitative estimate of drug-likeness (QED) is 0.802. The summed E-state index contributed by atoms with van der Waals surface area (Å²) in [5.74, 6) is 0.573. The summed E-state index contributed by atoms with van der Waals surface area (Å²) in [4.78, 5) is 11.5. The third-order valence-corrected chi connectivity index (χ3v) is 3.17. The molecule has 0 aliphatic carbocycles. The van der Waals surface area contributed by atoms with Gasteiger partial charge in [-0.1, -0.05) is 0 Å². The molecule has 1 rings (SSSR count). The van der Waals surface area contributed by atoms with Crippen LogP contribution in [0.15, 0.2) is 0 Å². The van der Waals surface area contributed by atoms with Crippen LogP contribution in [0.2, 0.25) is 0 Å². The number of amides is 1. The van der Waals surface area contributed by atoms with E-state index in [0.29, 0.717) is 18.5 Å². The molecule has 1 aliphatic heterocycles. The van der Waals surface area contributed by atoms with Crippen molar-refractivity contribution in [3.8, 4) is 0 Å². The first-order valence-electron chi connectivity index (χ1n) is 7.08.